The van der Waals surface area contributed by atoms with E-state index in [0.29, 0.717) is 6.04 Å². The van der Waals surface area contributed by atoms with Gasteiger partial charge in [-0.3, -0.25) is 4.90 Å². The fraction of sp³-hybridized carbons (Fsp3) is 0.429. The molecular weight excluding hydrogens is 196 g/mol. The van der Waals surface area contributed by atoms with E-state index in [1.807, 2.05) is 6.07 Å². The van der Waals surface area contributed by atoms with Crippen molar-refractivity contribution in [3.05, 3.63) is 42.0 Å². The van der Waals surface area contributed by atoms with Crippen molar-refractivity contribution >= 4 is 6.08 Å². The van der Waals surface area contributed by atoms with Crippen molar-refractivity contribution in [3.63, 3.8) is 0 Å². The van der Waals surface area contributed by atoms with E-state index < -0.39 is 0 Å². The van der Waals surface area contributed by atoms with Gasteiger partial charge in [-0.2, -0.15) is 0 Å². The molecule has 86 valence electrons. The molecule has 1 aromatic carbocycles. The van der Waals surface area contributed by atoms with E-state index in [9.17, 15) is 0 Å². The van der Waals surface area contributed by atoms with Crippen LogP contribution in [-0.2, 0) is 0 Å². The number of hydrogen-bond donors (Lipinski definition) is 1. The first kappa shape index (κ1) is 11.4. The molecule has 0 saturated carbocycles. The topological polar surface area (TPSA) is 29.3 Å². The molecule has 0 amide bonds. The zero-order chi connectivity index (χ0) is 11.2. The highest BCUT2D eigenvalue weighted by Crippen LogP contribution is 2.08. The molecule has 1 saturated heterocycles. The fourth-order valence-electron chi connectivity index (χ4n) is 2.16. The van der Waals surface area contributed by atoms with Gasteiger partial charge in [-0.1, -0.05) is 42.5 Å². The standard InChI is InChI=1S/C14H20N2/c15-14-9-5-11-16(12-14)10-4-8-13-6-2-1-3-7-13/h1-4,6-8,14H,5,9-12,15H2/b8-4+. The lowest BCUT2D eigenvalue weighted by molar-refractivity contribution is 0.229. The van der Waals surface area contributed by atoms with Crippen LogP contribution in [0.1, 0.15) is 18.4 Å². The first-order chi connectivity index (χ1) is 7.84. The number of nitrogens with two attached hydrogens (primary N) is 1. The van der Waals surface area contributed by atoms with E-state index in [1.54, 1.807) is 0 Å². The second-order valence-corrected chi connectivity index (χ2v) is 4.47. The second-order valence-electron chi connectivity index (χ2n) is 4.47. The van der Waals surface area contributed by atoms with Crippen molar-refractivity contribution < 1.29 is 0 Å². The van der Waals surface area contributed by atoms with Crippen LogP contribution in [0, 0.1) is 0 Å². The van der Waals surface area contributed by atoms with E-state index in [0.717, 1.165) is 13.1 Å². The molecule has 0 radical (unpaired) electrons. The Balaban J connectivity index is 1.80. The summed E-state index contributed by atoms with van der Waals surface area (Å²) in [6.07, 6.45) is 6.83. The lowest BCUT2D eigenvalue weighted by Crippen LogP contribution is -2.42. The predicted molar refractivity (Wildman–Crippen MR) is 69.1 cm³/mol. The van der Waals surface area contributed by atoms with E-state index >= 15 is 0 Å². The number of likely N-dealkylation sites (tertiary alicyclic amines) is 1. The molecule has 0 bridgehead atoms. The van der Waals surface area contributed by atoms with Gasteiger partial charge in [0, 0.05) is 19.1 Å². The maximum Gasteiger partial charge on any atom is 0.0168 e. The Morgan fingerprint density at radius 2 is 2.12 bits per heavy atom. The molecule has 1 heterocycles. The zero-order valence-electron chi connectivity index (χ0n) is 9.68. The number of rotatable bonds is 3. The molecule has 2 N–H and O–H groups in total. The molecule has 2 heteroatoms. The first-order valence-electron chi connectivity index (χ1n) is 6.04. The molecule has 0 aliphatic carbocycles. The summed E-state index contributed by atoms with van der Waals surface area (Å²) in [5, 5.41) is 0. The van der Waals surface area contributed by atoms with Crippen LogP contribution in [0.25, 0.3) is 6.08 Å². The number of hydrogen-bond acceptors (Lipinski definition) is 2. The van der Waals surface area contributed by atoms with E-state index in [4.69, 9.17) is 5.73 Å². The Labute approximate surface area is 97.8 Å². The van der Waals surface area contributed by atoms with E-state index in [-0.39, 0.29) is 0 Å². The van der Waals surface area contributed by atoms with Gasteiger partial charge in [-0.05, 0) is 24.9 Å². The molecule has 0 spiro atoms. The fourth-order valence-corrected chi connectivity index (χ4v) is 2.16. The van der Waals surface area contributed by atoms with E-state index in [2.05, 4.69) is 41.3 Å². The van der Waals surface area contributed by atoms with Gasteiger partial charge in [0.05, 0.1) is 0 Å². The molecule has 1 atom stereocenters. The van der Waals surface area contributed by atoms with Crippen molar-refractivity contribution in [2.45, 2.75) is 18.9 Å². The molecule has 0 aromatic heterocycles. The Bertz CT molecular complexity index is 332. The van der Waals surface area contributed by atoms with Crippen LogP contribution in [0.3, 0.4) is 0 Å². The van der Waals surface area contributed by atoms with Gasteiger partial charge in [0.25, 0.3) is 0 Å². The summed E-state index contributed by atoms with van der Waals surface area (Å²) in [4.78, 5) is 2.42. The molecular formula is C14H20N2. The minimum Gasteiger partial charge on any atom is -0.327 e. The van der Waals surface area contributed by atoms with Crippen LogP contribution in [-0.4, -0.2) is 30.6 Å². The summed E-state index contributed by atoms with van der Waals surface area (Å²) in [5.74, 6) is 0. The third-order valence-electron chi connectivity index (χ3n) is 3.02. The summed E-state index contributed by atoms with van der Waals surface area (Å²) < 4.78 is 0. The predicted octanol–water partition coefficient (Wildman–Crippen LogP) is 2.12. The number of nitrogens with zero attached hydrogens (tertiary/aromatic N) is 1. The average molecular weight is 216 g/mol. The highest BCUT2D eigenvalue weighted by molar-refractivity contribution is 5.48. The van der Waals surface area contributed by atoms with Gasteiger partial charge >= 0.3 is 0 Å². The molecule has 1 unspecified atom stereocenters. The van der Waals surface area contributed by atoms with Gasteiger partial charge in [-0.15, -0.1) is 0 Å². The Morgan fingerprint density at radius 1 is 1.31 bits per heavy atom. The van der Waals surface area contributed by atoms with Crippen LogP contribution in [0.2, 0.25) is 0 Å². The Kier molecular flexibility index (Phi) is 4.14. The summed E-state index contributed by atoms with van der Waals surface area (Å²) in [6.45, 7) is 3.24. The Hall–Kier alpha value is -1.12. The second kappa shape index (κ2) is 5.83. The largest absolute Gasteiger partial charge is 0.327 e. The van der Waals surface area contributed by atoms with Crippen LogP contribution in [0.5, 0.6) is 0 Å². The van der Waals surface area contributed by atoms with Crippen molar-refractivity contribution in [3.8, 4) is 0 Å². The summed E-state index contributed by atoms with van der Waals surface area (Å²) in [6, 6.07) is 10.8. The monoisotopic (exact) mass is 216 g/mol. The average Bonchev–Trinajstić information content (AvgIpc) is 2.30. The molecule has 1 aliphatic heterocycles. The highest BCUT2D eigenvalue weighted by Gasteiger charge is 2.14. The lowest BCUT2D eigenvalue weighted by Gasteiger charge is -2.29. The zero-order valence-corrected chi connectivity index (χ0v) is 9.68. The maximum atomic E-state index is 5.94. The molecule has 2 nitrogen and oxygen atoms in total. The number of piperidine rings is 1. The first-order valence-corrected chi connectivity index (χ1v) is 6.04. The SMILES string of the molecule is NC1CCCN(C/C=C/c2ccccc2)C1. The van der Waals surface area contributed by atoms with Gasteiger partial charge in [0.15, 0.2) is 0 Å². The molecule has 1 fully saturated rings. The quantitative estimate of drug-likeness (QED) is 0.838. The summed E-state index contributed by atoms with van der Waals surface area (Å²) in [5.41, 5.74) is 7.21. The van der Waals surface area contributed by atoms with Gasteiger partial charge in [0.2, 0.25) is 0 Å². The minimum atomic E-state index is 0.374. The molecule has 2 rings (SSSR count). The maximum absolute atomic E-state index is 5.94. The highest BCUT2D eigenvalue weighted by atomic mass is 15.1. The van der Waals surface area contributed by atoms with Crippen molar-refractivity contribution in [2.24, 2.45) is 5.73 Å². The normalized spacial score (nSPS) is 22.7. The van der Waals surface area contributed by atoms with Crippen LogP contribution >= 0.6 is 0 Å². The van der Waals surface area contributed by atoms with Crippen molar-refractivity contribution in [2.75, 3.05) is 19.6 Å². The van der Waals surface area contributed by atoms with Crippen LogP contribution in [0.4, 0.5) is 0 Å². The molecule has 1 aliphatic rings. The van der Waals surface area contributed by atoms with Crippen LogP contribution in [0.15, 0.2) is 36.4 Å². The van der Waals surface area contributed by atoms with E-state index in [1.165, 1.54) is 24.9 Å². The summed E-state index contributed by atoms with van der Waals surface area (Å²) in [7, 11) is 0. The number of benzene rings is 1. The van der Waals surface area contributed by atoms with Gasteiger partial charge in [-0.25, -0.2) is 0 Å². The smallest absolute Gasteiger partial charge is 0.0168 e. The van der Waals surface area contributed by atoms with Crippen molar-refractivity contribution in [1.82, 2.24) is 4.90 Å². The third-order valence-corrected chi connectivity index (χ3v) is 3.02. The van der Waals surface area contributed by atoms with Crippen molar-refractivity contribution in [1.29, 1.82) is 0 Å². The lowest BCUT2D eigenvalue weighted by atomic mass is 10.1. The van der Waals surface area contributed by atoms with Gasteiger partial charge < -0.3 is 5.73 Å². The Morgan fingerprint density at radius 3 is 2.88 bits per heavy atom. The van der Waals surface area contributed by atoms with Crippen LogP contribution < -0.4 is 5.73 Å². The molecule has 16 heavy (non-hydrogen) atoms. The van der Waals surface area contributed by atoms with Gasteiger partial charge in [0.1, 0.15) is 0 Å². The third kappa shape index (κ3) is 3.47. The molecule has 1 aromatic rings. The summed E-state index contributed by atoms with van der Waals surface area (Å²) >= 11 is 0. The minimum absolute atomic E-state index is 0.374.